The lowest BCUT2D eigenvalue weighted by atomic mass is 10.1. The summed E-state index contributed by atoms with van der Waals surface area (Å²) in [5.41, 5.74) is 1.06. The average molecular weight is 318 g/mol. The van der Waals surface area contributed by atoms with Crippen LogP contribution in [0.3, 0.4) is 0 Å². The number of allylic oxidation sites excluding steroid dienone is 2. The first-order valence-corrected chi connectivity index (χ1v) is 7.58. The van der Waals surface area contributed by atoms with Gasteiger partial charge in [0.15, 0.2) is 11.8 Å². The second-order valence-corrected chi connectivity index (χ2v) is 5.36. The zero-order chi connectivity index (χ0) is 16.9. The highest BCUT2D eigenvalue weighted by Gasteiger charge is 2.20. The number of hydrogen-bond acceptors (Lipinski definition) is 6. The summed E-state index contributed by atoms with van der Waals surface area (Å²) < 4.78 is 7.59. The molecule has 7 heteroatoms. The Bertz CT molecular complexity index is 899. The van der Waals surface area contributed by atoms with E-state index in [9.17, 15) is 5.26 Å². The third-order valence-electron chi connectivity index (χ3n) is 3.89. The average Bonchev–Trinajstić information content (AvgIpc) is 3.07. The van der Waals surface area contributed by atoms with Crippen molar-refractivity contribution >= 4 is 16.6 Å². The molecule has 1 fully saturated rings. The molecule has 0 spiro atoms. The molecule has 1 aliphatic rings. The van der Waals surface area contributed by atoms with Crippen LogP contribution in [0.25, 0.3) is 10.9 Å². The number of nitrogens with zero attached hydrogens (tertiary/aromatic N) is 5. The molecule has 1 aromatic heterocycles. The summed E-state index contributed by atoms with van der Waals surface area (Å²) in [7, 11) is 0. The van der Waals surface area contributed by atoms with Gasteiger partial charge in [-0.2, -0.15) is 20.9 Å². The number of rotatable bonds is 3. The van der Waals surface area contributed by atoms with Gasteiger partial charge < -0.3 is 10.1 Å². The molecule has 1 aromatic carbocycles. The standard InChI is InChI=1S/C17H14N6O/c18-8-13(9-19)15(10-20)22-14-5-3-4-12-11-21-23(17(12)14)16-6-1-2-7-24-16/h3-5,11,16,22H,1-2,6-7H2. The van der Waals surface area contributed by atoms with Crippen molar-refractivity contribution in [3.05, 3.63) is 35.7 Å². The summed E-state index contributed by atoms with van der Waals surface area (Å²) in [4.78, 5) is 0. The molecule has 0 radical (unpaired) electrons. The van der Waals surface area contributed by atoms with E-state index in [1.54, 1.807) is 29.1 Å². The molecule has 2 heterocycles. The van der Waals surface area contributed by atoms with Gasteiger partial charge in [-0.1, -0.05) is 12.1 Å². The highest BCUT2D eigenvalue weighted by Crippen LogP contribution is 2.31. The number of fused-ring (bicyclic) bond motifs is 1. The molecule has 2 aromatic rings. The third kappa shape index (κ3) is 2.79. The summed E-state index contributed by atoms with van der Waals surface area (Å²) >= 11 is 0. The predicted octanol–water partition coefficient (Wildman–Crippen LogP) is 2.97. The SMILES string of the molecule is N#CC(C#N)=C(C#N)Nc1cccc2cnn(C3CCCCO3)c12. The van der Waals surface area contributed by atoms with Crippen LogP contribution in [0.2, 0.25) is 0 Å². The molecular weight excluding hydrogens is 304 g/mol. The number of anilines is 1. The number of benzene rings is 1. The summed E-state index contributed by atoms with van der Waals surface area (Å²) in [6.45, 7) is 0.692. The monoisotopic (exact) mass is 318 g/mol. The van der Waals surface area contributed by atoms with Gasteiger partial charge in [-0.25, -0.2) is 4.68 Å². The van der Waals surface area contributed by atoms with E-state index in [0.717, 1.165) is 30.2 Å². The molecule has 3 rings (SSSR count). The maximum atomic E-state index is 9.24. The topological polar surface area (TPSA) is 110 Å². The Hall–Kier alpha value is -3.34. The van der Waals surface area contributed by atoms with E-state index in [-0.39, 0.29) is 17.5 Å². The fraction of sp³-hybridized carbons (Fsp3) is 0.294. The number of nitrogens with one attached hydrogen (secondary N) is 1. The molecule has 7 nitrogen and oxygen atoms in total. The second-order valence-electron chi connectivity index (χ2n) is 5.36. The van der Waals surface area contributed by atoms with E-state index in [1.165, 1.54) is 0 Å². The van der Waals surface area contributed by atoms with Crippen LogP contribution in [0.15, 0.2) is 35.7 Å². The number of ether oxygens (including phenoxy) is 1. The van der Waals surface area contributed by atoms with Gasteiger partial charge in [-0.15, -0.1) is 0 Å². The molecule has 1 saturated heterocycles. The minimum atomic E-state index is -0.255. The van der Waals surface area contributed by atoms with Gasteiger partial charge in [0, 0.05) is 12.0 Å². The number of aromatic nitrogens is 2. The summed E-state index contributed by atoms with van der Waals surface area (Å²) in [5.74, 6) is 0. The van der Waals surface area contributed by atoms with Gasteiger partial charge in [0.2, 0.25) is 0 Å². The summed E-state index contributed by atoms with van der Waals surface area (Å²) in [6.07, 6.45) is 4.56. The Kier molecular flexibility index (Phi) is 4.43. The molecule has 1 atom stereocenters. The predicted molar refractivity (Wildman–Crippen MR) is 86.1 cm³/mol. The van der Waals surface area contributed by atoms with Crippen LogP contribution >= 0.6 is 0 Å². The van der Waals surface area contributed by atoms with Crippen LogP contribution in [0.1, 0.15) is 25.5 Å². The molecule has 0 aliphatic carbocycles. The molecular formula is C17H14N6O. The number of para-hydroxylation sites is 1. The molecule has 1 aliphatic heterocycles. The quantitative estimate of drug-likeness (QED) is 0.871. The smallest absolute Gasteiger partial charge is 0.163 e. The van der Waals surface area contributed by atoms with Crippen molar-refractivity contribution in [2.24, 2.45) is 0 Å². The first kappa shape index (κ1) is 15.6. The van der Waals surface area contributed by atoms with E-state index >= 15 is 0 Å². The first-order chi connectivity index (χ1) is 11.8. The van der Waals surface area contributed by atoms with E-state index in [0.29, 0.717) is 12.3 Å². The zero-order valence-electron chi connectivity index (χ0n) is 12.9. The Balaban J connectivity index is 2.07. The van der Waals surface area contributed by atoms with Crippen LogP contribution in [-0.2, 0) is 4.74 Å². The number of hydrogen-bond donors (Lipinski definition) is 1. The lowest BCUT2D eigenvalue weighted by Crippen LogP contribution is -2.19. The normalized spacial score (nSPS) is 16.6. The minimum absolute atomic E-state index is 0.0789. The third-order valence-corrected chi connectivity index (χ3v) is 3.89. The molecule has 24 heavy (non-hydrogen) atoms. The fourth-order valence-electron chi connectivity index (χ4n) is 2.76. The number of nitriles is 3. The Morgan fingerprint density at radius 2 is 2.04 bits per heavy atom. The maximum absolute atomic E-state index is 9.24. The molecule has 118 valence electrons. The van der Waals surface area contributed by atoms with Crippen LogP contribution in [0.4, 0.5) is 5.69 Å². The molecule has 1 N–H and O–H groups in total. The minimum Gasteiger partial charge on any atom is -0.356 e. The van der Waals surface area contributed by atoms with Crippen LogP contribution in [-0.4, -0.2) is 16.4 Å². The Morgan fingerprint density at radius 1 is 1.21 bits per heavy atom. The van der Waals surface area contributed by atoms with Gasteiger partial charge in [0.1, 0.15) is 23.9 Å². The van der Waals surface area contributed by atoms with Gasteiger partial charge >= 0.3 is 0 Å². The van der Waals surface area contributed by atoms with Crippen LogP contribution in [0, 0.1) is 34.0 Å². The van der Waals surface area contributed by atoms with Crippen molar-refractivity contribution in [1.29, 1.82) is 15.8 Å². The maximum Gasteiger partial charge on any atom is 0.163 e. The zero-order valence-corrected chi connectivity index (χ0v) is 12.9. The second kappa shape index (κ2) is 6.83. The van der Waals surface area contributed by atoms with E-state index in [2.05, 4.69) is 10.4 Å². The van der Waals surface area contributed by atoms with Gasteiger partial charge in [-0.3, -0.25) is 0 Å². The van der Waals surface area contributed by atoms with Crippen LogP contribution in [0.5, 0.6) is 0 Å². The highest BCUT2D eigenvalue weighted by atomic mass is 16.5. The van der Waals surface area contributed by atoms with Crippen molar-refractivity contribution in [2.75, 3.05) is 11.9 Å². The molecule has 0 bridgehead atoms. The van der Waals surface area contributed by atoms with E-state index < -0.39 is 0 Å². The summed E-state index contributed by atoms with van der Waals surface area (Å²) in [6, 6.07) is 10.9. The Morgan fingerprint density at radius 3 is 2.71 bits per heavy atom. The van der Waals surface area contributed by atoms with Crippen molar-refractivity contribution < 1.29 is 4.74 Å². The lowest BCUT2D eigenvalue weighted by molar-refractivity contribution is -0.0366. The van der Waals surface area contributed by atoms with Gasteiger partial charge in [0.05, 0.1) is 17.4 Å². The first-order valence-electron chi connectivity index (χ1n) is 7.58. The summed E-state index contributed by atoms with van der Waals surface area (Å²) in [5, 5.41) is 35.4. The fourth-order valence-corrected chi connectivity index (χ4v) is 2.76. The lowest BCUT2D eigenvalue weighted by Gasteiger charge is -2.24. The van der Waals surface area contributed by atoms with Crippen molar-refractivity contribution in [3.63, 3.8) is 0 Å². The molecule has 0 saturated carbocycles. The van der Waals surface area contributed by atoms with Crippen LogP contribution < -0.4 is 5.32 Å². The van der Waals surface area contributed by atoms with Gasteiger partial charge in [0.25, 0.3) is 0 Å². The van der Waals surface area contributed by atoms with Crippen molar-refractivity contribution in [3.8, 4) is 18.2 Å². The van der Waals surface area contributed by atoms with E-state index in [4.69, 9.17) is 15.3 Å². The molecule has 0 amide bonds. The van der Waals surface area contributed by atoms with E-state index in [1.807, 2.05) is 18.2 Å². The highest BCUT2D eigenvalue weighted by molar-refractivity contribution is 5.91. The van der Waals surface area contributed by atoms with Gasteiger partial charge in [-0.05, 0) is 25.3 Å². The largest absolute Gasteiger partial charge is 0.356 e. The van der Waals surface area contributed by atoms with Crippen molar-refractivity contribution in [1.82, 2.24) is 9.78 Å². The van der Waals surface area contributed by atoms with Crippen molar-refractivity contribution in [2.45, 2.75) is 25.5 Å². The molecule has 1 unspecified atom stereocenters. The Labute approximate surface area is 139 Å².